The number of aromatic nitrogens is 2. The molecule has 1 aromatic carbocycles. The predicted octanol–water partition coefficient (Wildman–Crippen LogP) is 2.37. The number of para-hydroxylation sites is 2. The van der Waals surface area contributed by atoms with Gasteiger partial charge in [0.05, 0.1) is 18.6 Å². The molecule has 25 heavy (non-hydrogen) atoms. The molecule has 1 fully saturated rings. The number of nitrogens with zero attached hydrogens (tertiary/aromatic N) is 2. The number of imide groups is 1. The summed E-state index contributed by atoms with van der Waals surface area (Å²) in [7, 11) is 1.60. The number of carbonyl (C=O) groups excluding carboxylic acids is 2. The van der Waals surface area contributed by atoms with Gasteiger partial charge in [0.25, 0.3) is 0 Å². The van der Waals surface area contributed by atoms with Crippen LogP contribution in [0.3, 0.4) is 0 Å². The van der Waals surface area contributed by atoms with Gasteiger partial charge < -0.3 is 15.4 Å². The number of urea groups is 1. The van der Waals surface area contributed by atoms with E-state index < -0.39 is 6.03 Å². The van der Waals surface area contributed by atoms with Gasteiger partial charge in [-0.1, -0.05) is 35.2 Å². The predicted molar refractivity (Wildman–Crippen MR) is 96.6 cm³/mol. The number of amides is 3. The minimum atomic E-state index is -0.441. The lowest BCUT2D eigenvalue weighted by molar-refractivity contribution is -0.117. The van der Waals surface area contributed by atoms with Crippen LogP contribution in [0.4, 0.5) is 15.6 Å². The van der Waals surface area contributed by atoms with Crippen LogP contribution in [-0.4, -0.2) is 41.0 Å². The summed E-state index contributed by atoms with van der Waals surface area (Å²) in [5, 5.41) is 16.8. The van der Waals surface area contributed by atoms with E-state index in [0.717, 1.165) is 18.5 Å². The zero-order valence-electron chi connectivity index (χ0n) is 13.4. The first kappa shape index (κ1) is 17.5. The molecule has 132 valence electrons. The normalized spacial score (nSPS) is 13.2. The monoisotopic (exact) mass is 379 g/mol. The van der Waals surface area contributed by atoms with Crippen molar-refractivity contribution in [1.82, 2.24) is 20.8 Å². The van der Waals surface area contributed by atoms with E-state index in [2.05, 4.69) is 26.1 Å². The first-order valence-corrected chi connectivity index (χ1v) is 9.41. The summed E-state index contributed by atoms with van der Waals surface area (Å²) >= 11 is 2.55. The topological polar surface area (TPSA) is 105 Å². The molecule has 3 N–H and O–H groups in total. The number of nitrogens with one attached hydrogen (secondary N) is 3. The van der Waals surface area contributed by atoms with Crippen molar-refractivity contribution in [2.75, 3.05) is 18.2 Å². The molecular formula is C15H17N5O3S2. The quantitative estimate of drug-likeness (QED) is 0.634. The third kappa shape index (κ3) is 5.33. The second kappa shape index (κ2) is 8.17. The molecule has 3 amide bonds. The molecule has 0 aliphatic heterocycles. The third-order valence-electron chi connectivity index (χ3n) is 3.25. The fourth-order valence-electron chi connectivity index (χ4n) is 1.92. The molecule has 3 rings (SSSR count). The number of carbonyl (C=O) groups is 2. The Morgan fingerprint density at radius 3 is 2.88 bits per heavy atom. The molecule has 0 radical (unpaired) electrons. The fourth-order valence-corrected chi connectivity index (χ4v) is 3.49. The van der Waals surface area contributed by atoms with Gasteiger partial charge >= 0.3 is 6.03 Å². The number of ether oxygens (including phenoxy) is 1. The Bertz CT molecular complexity index is 763. The average Bonchev–Trinajstić information content (AvgIpc) is 3.29. The van der Waals surface area contributed by atoms with Crippen molar-refractivity contribution >= 4 is 45.9 Å². The smallest absolute Gasteiger partial charge is 0.321 e. The molecule has 0 bridgehead atoms. The maximum atomic E-state index is 11.7. The van der Waals surface area contributed by atoms with Crippen LogP contribution in [0, 0.1) is 0 Å². The molecule has 0 saturated heterocycles. The first-order chi connectivity index (χ1) is 12.1. The van der Waals surface area contributed by atoms with Gasteiger partial charge in [-0.25, -0.2) is 4.79 Å². The highest BCUT2D eigenvalue weighted by Crippen LogP contribution is 2.31. The van der Waals surface area contributed by atoms with Crippen molar-refractivity contribution in [3.8, 4) is 5.75 Å². The Hall–Kier alpha value is -2.33. The largest absolute Gasteiger partial charge is 0.495 e. The fraction of sp³-hybridized carbons (Fsp3) is 0.333. The lowest BCUT2D eigenvalue weighted by atomic mass is 10.3. The molecule has 1 aliphatic carbocycles. The SMILES string of the molecule is COc1ccccc1Nc1nnc(SCC(=O)NC(=O)NC2CC2)s1. The molecule has 10 heteroatoms. The van der Waals surface area contributed by atoms with E-state index in [9.17, 15) is 9.59 Å². The highest BCUT2D eigenvalue weighted by atomic mass is 32.2. The van der Waals surface area contributed by atoms with Crippen molar-refractivity contribution in [1.29, 1.82) is 0 Å². The molecule has 0 unspecified atom stereocenters. The minimum Gasteiger partial charge on any atom is -0.495 e. The maximum Gasteiger partial charge on any atom is 0.321 e. The summed E-state index contributed by atoms with van der Waals surface area (Å²) in [6, 6.07) is 7.26. The average molecular weight is 379 g/mol. The van der Waals surface area contributed by atoms with E-state index in [1.165, 1.54) is 23.1 Å². The Labute approximate surface area is 152 Å². The summed E-state index contributed by atoms with van der Waals surface area (Å²) in [6.07, 6.45) is 1.95. The zero-order valence-corrected chi connectivity index (χ0v) is 15.1. The Morgan fingerprint density at radius 2 is 2.12 bits per heavy atom. The first-order valence-electron chi connectivity index (χ1n) is 7.60. The van der Waals surface area contributed by atoms with Gasteiger partial charge in [0, 0.05) is 6.04 Å². The van der Waals surface area contributed by atoms with Crippen molar-refractivity contribution in [2.45, 2.75) is 23.2 Å². The molecule has 0 atom stereocenters. The number of rotatable bonds is 7. The van der Waals surface area contributed by atoms with Crippen LogP contribution in [0.1, 0.15) is 12.8 Å². The Morgan fingerprint density at radius 1 is 1.32 bits per heavy atom. The van der Waals surface area contributed by atoms with E-state index in [-0.39, 0.29) is 17.7 Å². The number of benzene rings is 1. The van der Waals surface area contributed by atoms with Crippen LogP contribution >= 0.6 is 23.1 Å². The number of methoxy groups -OCH3 is 1. The summed E-state index contributed by atoms with van der Waals surface area (Å²) in [5.41, 5.74) is 0.784. The zero-order chi connectivity index (χ0) is 17.6. The summed E-state index contributed by atoms with van der Waals surface area (Å²) < 4.78 is 5.90. The number of hydrogen-bond acceptors (Lipinski definition) is 8. The number of hydrogen-bond donors (Lipinski definition) is 3. The Kier molecular flexibility index (Phi) is 5.71. The van der Waals surface area contributed by atoms with Crippen LogP contribution in [0.2, 0.25) is 0 Å². The number of thioether (sulfide) groups is 1. The lowest BCUT2D eigenvalue weighted by Gasteiger charge is -2.07. The molecule has 0 spiro atoms. The highest BCUT2D eigenvalue weighted by molar-refractivity contribution is 8.01. The van der Waals surface area contributed by atoms with Gasteiger partial charge in [-0.05, 0) is 25.0 Å². The molecule has 2 aromatic rings. The van der Waals surface area contributed by atoms with Crippen LogP contribution in [0.25, 0.3) is 0 Å². The highest BCUT2D eigenvalue weighted by Gasteiger charge is 2.23. The van der Waals surface area contributed by atoms with Crippen LogP contribution in [0.15, 0.2) is 28.6 Å². The molecule has 1 saturated carbocycles. The van der Waals surface area contributed by atoms with Crippen molar-refractivity contribution in [2.24, 2.45) is 0 Å². The summed E-state index contributed by atoms with van der Waals surface area (Å²) in [4.78, 5) is 23.2. The van der Waals surface area contributed by atoms with E-state index in [1.807, 2.05) is 24.3 Å². The van der Waals surface area contributed by atoms with E-state index in [4.69, 9.17) is 4.74 Å². The van der Waals surface area contributed by atoms with Crippen LogP contribution in [-0.2, 0) is 4.79 Å². The van der Waals surface area contributed by atoms with Gasteiger partial charge in [-0.3, -0.25) is 10.1 Å². The van der Waals surface area contributed by atoms with Crippen LogP contribution in [0.5, 0.6) is 5.75 Å². The lowest BCUT2D eigenvalue weighted by Crippen LogP contribution is -2.41. The van der Waals surface area contributed by atoms with Crippen LogP contribution < -0.4 is 20.7 Å². The molecule has 1 heterocycles. The van der Waals surface area contributed by atoms with Gasteiger partial charge in [0.1, 0.15) is 5.75 Å². The second-order valence-corrected chi connectivity index (χ2v) is 7.48. The van der Waals surface area contributed by atoms with Gasteiger partial charge in [-0.2, -0.15) is 0 Å². The van der Waals surface area contributed by atoms with Crippen molar-refractivity contribution in [3.63, 3.8) is 0 Å². The van der Waals surface area contributed by atoms with E-state index >= 15 is 0 Å². The van der Waals surface area contributed by atoms with Crippen molar-refractivity contribution in [3.05, 3.63) is 24.3 Å². The Balaban J connectivity index is 1.48. The minimum absolute atomic E-state index is 0.0986. The standard InChI is InChI=1S/C15H17N5O3S2/c1-23-11-5-3-2-4-10(11)17-14-19-20-15(25-14)24-8-12(21)18-13(22)16-9-6-7-9/h2-5,9H,6-8H2,1H3,(H,17,19)(H2,16,18,21,22). The van der Waals surface area contributed by atoms with Gasteiger partial charge in [0.2, 0.25) is 11.0 Å². The van der Waals surface area contributed by atoms with Gasteiger partial charge in [-0.15, -0.1) is 10.2 Å². The molecular weight excluding hydrogens is 362 g/mol. The number of anilines is 2. The van der Waals surface area contributed by atoms with E-state index in [1.54, 1.807) is 7.11 Å². The summed E-state index contributed by atoms with van der Waals surface area (Å²) in [5.74, 6) is 0.437. The molecule has 8 nitrogen and oxygen atoms in total. The van der Waals surface area contributed by atoms with Gasteiger partial charge in [0.15, 0.2) is 4.34 Å². The van der Waals surface area contributed by atoms with E-state index in [0.29, 0.717) is 15.2 Å². The van der Waals surface area contributed by atoms with Crippen molar-refractivity contribution < 1.29 is 14.3 Å². The maximum absolute atomic E-state index is 11.7. The second-order valence-electron chi connectivity index (χ2n) is 5.28. The molecule has 1 aliphatic rings. The summed E-state index contributed by atoms with van der Waals surface area (Å²) in [6.45, 7) is 0. The third-order valence-corrected chi connectivity index (χ3v) is 5.22. The molecule has 1 aromatic heterocycles.